The number of ether oxygens (including phenoxy) is 1. The van der Waals surface area contributed by atoms with Crippen molar-refractivity contribution in [3.63, 3.8) is 0 Å². The number of benzene rings is 1. The summed E-state index contributed by atoms with van der Waals surface area (Å²) in [6, 6.07) is 4.58. The van der Waals surface area contributed by atoms with E-state index < -0.39 is 61.0 Å². The van der Waals surface area contributed by atoms with Crippen molar-refractivity contribution in [1.82, 2.24) is 9.80 Å². The van der Waals surface area contributed by atoms with Crippen LogP contribution in [0.2, 0.25) is 0 Å². The van der Waals surface area contributed by atoms with E-state index in [0.717, 1.165) is 12.0 Å². The molecule has 13 heteroatoms. The van der Waals surface area contributed by atoms with E-state index in [2.05, 4.69) is 4.74 Å². The van der Waals surface area contributed by atoms with Gasteiger partial charge in [-0.05, 0) is 12.0 Å². The highest BCUT2D eigenvalue weighted by Gasteiger charge is 2.28. The summed E-state index contributed by atoms with van der Waals surface area (Å²) in [7, 11) is 1.12. The molecule has 0 radical (unpaired) electrons. The van der Waals surface area contributed by atoms with Gasteiger partial charge in [-0.3, -0.25) is 39.1 Å². The Morgan fingerprint density at radius 3 is 1.90 bits per heavy atom. The molecular weight excluding hydrogens is 418 g/mol. The number of nitrogens with zero attached hydrogens (tertiary/aromatic N) is 3. The van der Waals surface area contributed by atoms with Crippen LogP contribution in [-0.2, 0) is 30.3 Å². The van der Waals surface area contributed by atoms with Crippen LogP contribution < -0.4 is 0 Å². The van der Waals surface area contributed by atoms with E-state index in [-0.39, 0.29) is 18.7 Å². The zero-order valence-electron chi connectivity index (χ0n) is 16.7. The normalized spacial score (nSPS) is 11.8. The fraction of sp³-hybridized carbons (Fsp3) is 0.444. The van der Waals surface area contributed by atoms with E-state index in [0.29, 0.717) is 5.56 Å². The number of carbonyl (C=O) groups is 4. The molecule has 1 atom stereocenters. The third kappa shape index (κ3) is 9.64. The second-order valence-electron chi connectivity index (χ2n) is 6.61. The van der Waals surface area contributed by atoms with Crippen molar-refractivity contribution >= 4 is 29.6 Å². The first kappa shape index (κ1) is 25.5. The summed E-state index contributed by atoms with van der Waals surface area (Å²) in [5.74, 6) is -4.57. The predicted molar refractivity (Wildman–Crippen MR) is 104 cm³/mol. The van der Waals surface area contributed by atoms with Crippen LogP contribution in [0.15, 0.2) is 24.3 Å². The molecule has 0 fully saturated rings. The van der Waals surface area contributed by atoms with Crippen molar-refractivity contribution in [2.24, 2.45) is 0 Å². The molecule has 0 saturated carbocycles. The third-order valence-corrected chi connectivity index (χ3v) is 4.22. The van der Waals surface area contributed by atoms with Gasteiger partial charge in [0.15, 0.2) is 0 Å². The van der Waals surface area contributed by atoms with E-state index in [1.807, 2.05) is 0 Å². The minimum absolute atomic E-state index is 0.0675. The fourth-order valence-corrected chi connectivity index (χ4v) is 2.92. The molecule has 1 aromatic carbocycles. The van der Waals surface area contributed by atoms with Gasteiger partial charge in [-0.15, -0.1) is 0 Å². The number of carboxylic acid groups (broad SMARTS) is 3. The molecule has 0 aliphatic carbocycles. The lowest BCUT2D eigenvalue weighted by Crippen LogP contribution is -2.51. The number of non-ortho nitro benzene ring substituents is 1. The van der Waals surface area contributed by atoms with Crippen molar-refractivity contribution in [3.8, 4) is 0 Å². The zero-order valence-corrected chi connectivity index (χ0v) is 16.7. The maximum absolute atomic E-state index is 11.8. The third-order valence-electron chi connectivity index (χ3n) is 4.22. The minimum atomic E-state index is -1.28. The van der Waals surface area contributed by atoms with Crippen LogP contribution in [0, 0.1) is 10.1 Å². The fourth-order valence-electron chi connectivity index (χ4n) is 2.92. The summed E-state index contributed by atoms with van der Waals surface area (Å²) >= 11 is 0. The molecule has 0 amide bonds. The number of rotatable bonds is 14. The molecule has 31 heavy (non-hydrogen) atoms. The Kier molecular flexibility index (Phi) is 10.0. The lowest BCUT2D eigenvalue weighted by atomic mass is 10.0. The van der Waals surface area contributed by atoms with E-state index in [4.69, 9.17) is 10.2 Å². The van der Waals surface area contributed by atoms with E-state index in [9.17, 15) is 34.4 Å². The number of methoxy groups -OCH3 is 1. The van der Waals surface area contributed by atoms with Gasteiger partial charge in [-0.25, -0.2) is 0 Å². The number of carbonyl (C=O) groups excluding carboxylic acids is 1. The van der Waals surface area contributed by atoms with Crippen molar-refractivity contribution in [1.29, 1.82) is 0 Å². The standard InChI is InChI=1S/C18H23N3O10/c1-31-18(28)11-20(10-17(26)27)14(7-19(8-15(22)23)9-16(24)25)6-12-2-4-13(5-3-12)21(29)30/h2-5,14H,6-11H2,1H3,(H,22,23)(H,24,25)(H,26,27). The molecule has 0 aliphatic heterocycles. The number of aliphatic carboxylic acids is 3. The number of nitro benzene ring substituents is 1. The summed E-state index contributed by atoms with van der Waals surface area (Å²) < 4.78 is 4.59. The van der Waals surface area contributed by atoms with Crippen molar-refractivity contribution in [3.05, 3.63) is 39.9 Å². The van der Waals surface area contributed by atoms with Gasteiger partial charge in [0.2, 0.25) is 0 Å². The number of esters is 1. The van der Waals surface area contributed by atoms with Gasteiger partial charge < -0.3 is 20.1 Å². The van der Waals surface area contributed by atoms with Gasteiger partial charge in [0.25, 0.3) is 5.69 Å². The van der Waals surface area contributed by atoms with E-state index >= 15 is 0 Å². The molecule has 1 unspecified atom stereocenters. The summed E-state index contributed by atoms with van der Waals surface area (Å²) in [4.78, 5) is 57.9. The van der Waals surface area contributed by atoms with Crippen molar-refractivity contribution < 1.29 is 44.2 Å². The molecule has 3 N–H and O–H groups in total. The number of hydrogen-bond donors (Lipinski definition) is 3. The summed E-state index contributed by atoms with van der Waals surface area (Å²) in [5, 5.41) is 38.2. The molecule has 0 aliphatic rings. The van der Waals surface area contributed by atoms with E-state index in [1.54, 1.807) is 0 Å². The van der Waals surface area contributed by atoms with Gasteiger partial charge in [0.05, 0.1) is 38.2 Å². The maximum atomic E-state index is 11.8. The Morgan fingerprint density at radius 1 is 0.968 bits per heavy atom. The first-order valence-corrected chi connectivity index (χ1v) is 8.93. The smallest absolute Gasteiger partial charge is 0.319 e. The number of hydrogen-bond acceptors (Lipinski definition) is 9. The van der Waals surface area contributed by atoms with Gasteiger partial charge >= 0.3 is 23.9 Å². The molecule has 1 aromatic rings. The Hall–Kier alpha value is -3.58. The lowest BCUT2D eigenvalue weighted by molar-refractivity contribution is -0.384. The van der Waals surface area contributed by atoms with Gasteiger partial charge in [0, 0.05) is 24.7 Å². The molecule has 170 valence electrons. The highest BCUT2D eigenvalue weighted by molar-refractivity contribution is 5.74. The molecule has 0 saturated heterocycles. The maximum Gasteiger partial charge on any atom is 0.319 e. The number of carboxylic acids is 3. The van der Waals surface area contributed by atoms with Gasteiger partial charge in [-0.1, -0.05) is 12.1 Å². The largest absolute Gasteiger partial charge is 0.480 e. The van der Waals surface area contributed by atoms with Gasteiger partial charge in [0.1, 0.15) is 0 Å². The molecule has 0 aromatic heterocycles. The summed E-state index contributed by atoms with van der Waals surface area (Å²) in [6.45, 7) is -2.47. The summed E-state index contributed by atoms with van der Waals surface area (Å²) in [5.41, 5.74) is 0.386. The monoisotopic (exact) mass is 441 g/mol. The first-order chi connectivity index (χ1) is 14.5. The van der Waals surface area contributed by atoms with Crippen LogP contribution >= 0.6 is 0 Å². The van der Waals surface area contributed by atoms with Crippen LogP contribution in [0.3, 0.4) is 0 Å². The highest BCUT2D eigenvalue weighted by Crippen LogP contribution is 2.16. The molecule has 0 spiro atoms. The zero-order chi connectivity index (χ0) is 23.6. The van der Waals surface area contributed by atoms with Crippen LogP contribution in [0.4, 0.5) is 5.69 Å². The van der Waals surface area contributed by atoms with Crippen LogP contribution in [-0.4, -0.2) is 99.8 Å². The lowest BCUT2D eigenvalue weighted by Gasteiger charge is -2.33. The molecule has 1 rings (SSSR count). The quantitative estimate of drug-likeness (QED) is 0.192. The average molecular weight is 441 g/mol. The Balaban J connectivity index is 3.23. The topological polar surface area (TPSA) is 188 Å². The second-order valence-corrected chi connectivity index (χ2v) is 6.61. The average Bonchev–Trinajstić information content (AvgIpc) is 2.65. The van der Waals surface area contributed by atoms with E-state index in [1.165, 1.54) is 29.2 Å². The van der Waals surface area contributed by atoms with Crippen LogP contribution in [0.25, 0.3) is 0 Å². The molecule has 0 bridgehead atoms. The van der Waals surface area contributed by atoms with Crippen molar-refractivity contribution in [2.75, 3.05) is 39.8 Å². The Labute approximate surface area is 176 Å². The van der Waals surface area contributed by atoms with Gasteiger partial charge in [-0.2, -0.15) is 0 Å². The first-order valence-electron chi connectivity index (χ1n) is 8.93. The summed E-state index contributed by atoms with van der Waals surface area (Å²) in [6.07, 6.45) is 0.0675. The Bertz CT molecular complexity index is 795. The molecule has 13 nitrogen and oxygen atoms in total. The number of nitro groups is 1. The second kappa shape index (κ2) is 12.2. The van der Waals surface area contributed by atoms with Crippen molar-refractivity contribution in [2.45, 2.75) is 12.5 Å². The van der Waals surface area contributed by atoms with Crippen LogP contribution in [0.5, 0.6) is 0 Å². The SMILES string of the molecule is COC(=O)CN(CC(=O)O)C(Cc1ccc([N+](=O)[O-])cc1)CN(CC(=O)O)CC(=O)O. The van der Waals surface area contributed by atoms with Crippen LogP contribution in [0.1, 0.15) is 5.56 Å². The molecular formula is C18H23N3O10. The Morgan fingerprint density at radius 2 is 1.48 bits per heavy atom. The highest BCUT2D eigenvalue weighted by atomic mass is 16.6. The molecule has 0 heterocycles. The predicted octanol–water partition coefficient (Wildman–Crippen LogP) is -0.463. The minimum Gasteiger partial charge on any atom is -0.480 e.